The Kier molecular flexibility index (Phi) is 4.50. The normalized spacial score (nSPS) is 10.8. The number of hydrogen-bond donors (Lipinski definition) is 1. The van der Waals surface area contributed by atoms with Gasteiger partial charge in [0.05, 0.1) is 11.0 Å². The van der Waals surface area contributed by atoms with Crippen LogP contribution in [0.3, 0.4) is 0 Å². The zero-order chi connectivity index (χ0) is 17.9. The van der Waals surface area contributed by atoms with Crippen LogP contribution in [0.4, 0.5) is 5.69 Å². The van der Waals surface area contributed by atoms with E-state index in [0.29, 0.717) is 0 Å². The van der Waals surface area contributed by atoms with Crippen LogP contribution in [-0.4, -0.2) is 20.4 Å². The molecular formula is C20H15BrN4O. The molecule has 0 saturated carbocycles. The first kappa shape index (κ1) is 16.5. The number of para-hydroxylation sites is 2. The molecule has 6 heteroatoms. The van der Waals surface area contributed by atoms with Gasteiger partial charge < -0.3 is 9.88 Å². The van der Waals surface area contributed by atoms with Gasteiger partial charge >= 0.3 is 0 Å². The molecule has 0 aliphatic carbocycles. The van der Waals surface area contributed by atoms with Crippen LogP contribution < -0.4 is 5.32 Å². The van der Waals surface area contributed by atoms with Crippen LogP contribution in [0.25, 0.3) is 22.4 Å². The SMILES string of the molecule is O=C(Cn1c(-c2cccnc2)nc2ccccc21)Nc1ccc(Br)cc1. The molecule has 0 saturated heterocycles. The third kappa shape index (κ3) is 3.36. The summed E-state index contributed by atoms with van der Waals surface area (Å²) in [5.41, 5.74) is 3.39. The van der Waals surface area contributed by atoms with Crippen molar-refractivity contribution in [1.29, 1.82) is 0 Å². The fourth-order valence-electron chi connectivity index (χ4n) is 2.83. The van der Waals surface area contributed by atoms with E-state index in [9.17, 15) is 4.79 Å². The van der Waals surface area contributed by atoms with Crippen molar-refractivity contribution < 1.29 is 4.79 Å². The number of nitrogens with zero attached hydrogens (tertiary/aromatic N) is 3. The minimum atomic E-state index is -0.111. The van der Waals surface area contributed by atoms with E-state index in [4.69, 9.17) is 4.98 Å². The van der Waals surface area contributed by atoms with Gasteiger partial charge in [0.1, 0.15) is 12.4 Å². The second-order valence-corrected chi connectivity index (χ2v) is 6.72. The van der Waals surface area contributed by atoms with Gasteiger partial charge in [-0.05, 0) is 48.5 Å². The van der Waals surface area contributed by atoms with E-state index < -0.39 is 0 Å². The Morgan fingerprint density at radius 3 is 2.62 bits per heavy atom. The third-order valence-electron chi connectivity index (χ3n) is 4.00. The molecule has 5 nitrogen and oxygen atoms in total. The van der Waals surface area contributed by atoms with Gasteiger partial charge in [-0.3, -0.25) is 9.78 Å². The van der Waals surface area contributed by atoms with E-state index in [2.05, 4.69) is 26.2 Å². The molecule has 0 aliphatic rings. The van der Waals surface area contributed by atoms with Gasteiger partial charge in [0.25, 0.3) is 0 Å². The molecule has 2 aromatic heterocycles. The molecule has 2 aromatic carbocycles. The smallest absolute Gasteiger partial charge is 0.244 e. The highest BCUT2D eigenvalue weighted by Crippen LogP contribution is 2.24. The average molecular weight is 407 g/mol. The van der Waals surface area contributed by atoms with Gasteiger partial charge in [0.15, 0.2) is 0 Å². The number of benzene rings is 2. The lowest BCUT2D eigenvalue weighted by Crippen LogP contribution is -2.19. The molecule has 2 heterocycles. The van der Waals surface area contributed by atoms with Gasteiger partial charge in [-0.1, -0.05) is 28.1 Å². The third-order valence-corrected chi connectivity index (χ3v) is 4.53. The molecule has 0 fully saturated rings. The Morgan fingerprint density at radius 2 is 1.85 bits per heavy atom. The number of anilines is 1. The van der Waals surface area contributed by atoms with Gasteiger partial charge in [-0.15, -0.1) is 0 Å². The number of amides is 1. The van der Waals surface area contributed by atoms with Crippen LogP contribution in [0.5, 0.6) is 0 Å². The maximum atomic E-state index is 12.6. The number of imidazole rings is 1. The molecule has 0 spiro atoms. The molecule has 1 N–H and O–H groups in total. The van der Waals surface area contributed by atoms with Crippen molar-refractivity contribution in [2.45, 2.75) is 6.54 Å². The van der Waals surface area contributed by atoms with Gasteiger partial charge in [0, 0.05) is 28.1 Å². The molecule has 1 amide bonds. The van der Waals surface area contributed by atoms with Gasteiger partial charge in [0.2, 0.25) is 5.91 Å². The number of fused-ring (bicyclic) bond motifs is 1. The number of halogens is 1. The van der Waals surface area contributed by atoms with Crippen molar-refractivity contribution in [2.24, 2.45) is 0 Å². The summed E-state index contributed by atoms with van der Waals surface area (Å²) >= 11 is 3.39. The first-order chi connectivity index (χ1) is 12.7. The predicted octanol–water partition coefficient (Wildman–Crippen LogP) is 4.50. The largest absolute Gasteiger partial charge is 0.325 e. The molecule has 0 radical (unpaired) electrons. The minimum absolute atomic E-state index is 0.111. The topological polar surface area (TPSA) is 59.8 Å². The molecule has 4 aromatic rings. The van der Waals surface area contributed by atoms with Crippen LogP contribution >= 0.6 is 15.9 Å². The highest BCUT2D eigenvalue weighted by molar-refractivity contribution is 9.10. The molecule has 0 aliphatic heterocycles. The fraction of sp³-hybridized carbons (Fsp3) is 0.0500. The quantitative estimate of drug-likeness (QED) is 0.542. The summed E-state index contributed by atoms with van der Waals surface area (Å²) in [6.45, 7) is 0.167. The molecule has 4 rings (SSSR count). The van der Waals surface area contributed by atoms with Crippen LogP contribution in [0.1, 0.15) is 0 Å². The minimum Gasteiger partial charge on any atom is -0.325 e. The first-order valence-electron chi connectivity index (χ1n) is 8.12. The van der Waals surface area contributed by atoms with E-state index >= 15 is 0 Å². The highest BCUT2D eigenvalue weighted by Gasteiger charge is 2.15. The summed E-state index contributed by atoms with van der Waals surface area (Å²) in [6.07, 6.45) is 3.47. The average Bonchev–Trinajstić information content (AvgIpc) is 3.03. The second-order valence-electron chi connectivity index (χ2n) is 5.81. The standard InChI is InChI=1S/C20H15BrN4O/c21-15-7-9-16(10-8-15)23-19(26)13-25-18-6-2-1-5-17(18)24-20(25)14-4-3-11-22-12-14/h1-12H,13H2,(H,23,26). The Morgan fingerprint density at radius 1 is 1.04 bits per heavy atom. The maximum Gasteiger partial charge on any atom is 0.244 e. The summed E-state index contributed by atoms with van der Waals surface area (Å²) in [5.74, 6) is 0.617. The van der Waals surface area contributed by atoms with Crippen LogP contribution in [0.15, 0.2) is 77.5 Å². The number of hydrogen-bond acceptors (Lipinski definition) is 3. The van der Waals surface area contributed by atoms with Gasteiger partial charge in [-0.2, -0.15) is 0 Å². The number of rotatable bonds is 4. The van der Waals surface area contributed by atoms with E-state index in [-0.39, 0.29) is 12.5 Å². The van der Waals surface area contributed by atoms with Gasteiger partial charge in [-0.25, -0.2) is 4.98 Å². The first-order valence-corrected chi connectivity index (χ1v) is 8.91. The number of pyridine rings is 1. The van der Waals surface area contributed by atoms with E-state index in [1.54, 1.807) is 12.4 Å². The van der Waals surface area contributed by atoms with Crippen LogP contribution in [0.2, 0.25) is 0 Å². The van der Waals surface area contributed by atoms with Crippen LogP contribution in [-0.2, 0) is 11.3 Å². The molecule has 26 heavy (non-hydrogen) atoms. The Bertz CT molecular complexity index is 1060. The summed E-state index contributed by atoms with van der Waals surface area (Å²) in [7, 11) is 0. The van der Waals surface area contributed by atoms with Crippen LogP contribution in [0, 0.1) is 0 Å². The van der Waals surface area contributed by atoms with Crippen molar-refractivity contribution >= 4 is 38.6 Å². The van der Waals surface area contributed by atoms with E-state index in [1.165, 1.54) is 0 Å². The molecular weight excluding hydrogens is 392 g/mol. The Labute approximate surface area is 158 Å². The predicted molar refractivity (Wildman–Crippen MR) is 106 cm³/mol. The van der Waals surface area contributed by atoms with Crippen molar-refractivity contribution in [1.82, 2.24) is 14.5 Å². The molecule has 128 valence electrons. The van der Waals surface area contributed by atoms with Crippen molar-refractivity contribution in [3.63, 3.8) is 0 Å². The zero-order valence-electron chi connectivity index (χ0n) is 13.8. The fourth-order valence-corrected chi connectivity index (χ4v) is 3.09. The lowest BCUT2D eigenvalue weighted by molar-refractivity contribution is -0.116. The summed E-state index contributed by atoms with van der Waals surface area (Å²) in [4.78, 5) is 21.5. The maximum absolute atomic E-state index is 12.6. The summed E-state index contributed by atoms with van der Waals surface area (Å²) < 4.78 is 2.88. The van der Waals surface area contributed by atoms with E-state index in [0.717, 1.165) is 32.6 Å². The number of carbonyl (C=O) groups excluding carboxylic acids is 1. The number of carbonyl (C=O) groups is 1. The summed E-state index contributed by atoms with van der Waals surface area (Å²) in [5, 5.41) is 2.93. The van der Waals surface area contributed by atoms with E-state index in [1.807, 2.05) is 65.2 Å². The van der Waals surface area contributed by atoms with Crippen molar-refractivity contribution in [3.05, 3.63) is 77.5 Å². The molecule has 0 atom stereocenters. The number of nitrogens with one attached hydrogen (secondary N) is 1. The Hall–Kier alpha value is -2.99. The second kappa shape index (κ2) is 7.09. The molecule has 0 unspecified atom stereocenters. The molecule has 0 bridgehead atoms. The van der Waals surface area contributed by atoms with Crippen molar-refractivity contribution in [3.8, 4) is 11.4 Å². The lowest BCUT2D eigenvalue weighted by Gasteiger charge is -2.10. The van der Waals surface area contributed by atoms with Crippen molar-refractivity contribution in [2.75, 3.05) is 5.32 Å². The Balaban J connectivity index is 1.68. The summed E-state index contributed by atoms with van der Waals surface area (Å²) in [6, 6.07) is 19.1. The highest BCUT2D eigenvalue weighted by atomic mass is 79.9. The lowest BCUT2D eigenvalue weighted by atomic mass is 10.2. The monoisotopic (exact) mass is 406 g/mol. The number of aromatic nitrogens is 3. The zero-order valence-corrected chi connectivity index (χ0v) is 15.3.